The summed E-state index contributed by atoms with van der Waals surface area (Å²) in [6.45, 7) is 1.23. The highest BCUT2D eigenvalue weighted by molar-refractivity contribution is 5.88. The van der Waals surface area contributed by atoms with Gasteiger partial charge in [-0.3, -0.25) is 15.3 Å². The molecule has 0 unspecified atom stereocenters. The van der Waals surface area contributed by atoms with E-state index in [1.807, 2.05) is 0 Å². The number of carbonyl (C=O) groups excluding carboxylic acids is 2. The van der Waals surface area contributed by atoms with Crippen molar-refractivity contribution < 1.29 is 27.2 Å². The predicted octanol–water partition coefficient (Wildman–Crippen LogP) is 2.25. The number of benzene rings is 1. The molecule has 29 heavy (non-hydrogen) atoms. The molecule has 1 saturated carbocycles. The Bertz CT molecular complexity index is 845. The van der Waals surface area contributed by atoms with Crippen LogP contribution in [0.15, 0.2) is 12.1 Å². The molecule has 157 valence electrons. The van der Waals surface area contributed by atoms with E-state index >= 15 is 0 Å². The van der Waals surface area contributed by atoms with Gasteiger partial charge in [0.15, 0.2) is 17.3 Å². The SMILES string of the molecule is [NH][C@@H](CC(=O)N1CC[C@H]2CN(C(=O)C3(F)CC3)C[C@H]21)Cc1cc(F)c(F)cc1F. The number of rotatable bonds is 5. The van der Waals surface area contributed by atoms with E-state index < -0.39 is 35.1 Å². The third-order valence-electron chi connectivity index (χ3n) is 6.20. The summed E-state index contributed by atoms with van der Waals surface area (Å²) in [6, 6.07) is -0.0544. The molecule has 2 saturated heterocycles. The molecule has 0 spiro atoms. The van der Waals surface area contributed by atoms with Gasteiger partial charge in [0.2, 0.25) is 5.91 Å². The Labute approximate surface area is 165 Å². The third kappa shape index (κ3) is 3.84. The van der Waals surface area contributed by atoms with Crippen LogP contribution in [0.3, 0.4) is 0 Å². The molecule has 1 aromatic carbocycles. The van der Waals surface area contributed by atoms with E-state index in [-0.39, 0.29) is 49.1 Å². The van der Waals surface area contributed by atoms with E-state index in [1.165, 1.54) is 4.90 Å². The van der Waals surface area contributed by atoms with E-state index in [1.54, 1.807) is 4.90 Å². The highest BCUT2D eigenvalue weighted by Gasteiger charge is 2.55. The van der Waals surface area contributed by atoms with E-state index in [4.69, 9.17) is 5.73 Å². The van der Waals surface area contributed by atoms with Gasteiger partial charge in [0.05, 0.1) is 6.04 Å². The Kier molecular flexibility index (Phi) is 5.04. The number of hydrogen-bond acceptors (Lipinski definition) is 2. The van der Waals surface area contributed by atoms with Gasteiger partial charge in [0.1, 0.15) is 5.82 Å². The molecule has 9 heteroatoms. The van der Waals surface area contributed by atoms with Gasteiger partial charge < -0.3 is 9.80 Å². The monoisotopic (exact) mass is 412 g/mol. The van der Waals surface area contributed by atoms with Crippen LogP contribution in [0.1, 0.15) is 31.2 Å². The Hall–Kier alpha value is -2.16. The molecule has 2 aliphatic heterocycles. The Balaban J connectivity index is 1.35. The molecule has 1 N–H and O–H groups in total. The predicted molar refractivity (Wildman–Crippen MR) is 94.8 cm³/mol. The zero-order chi connectivity index (χ0) is 20.9. The quantitative estimate of drug-likeness (QED) is 0.550. The second-order valence-corrected chi connectivity index (χ2v) is 8.34. The molecule has 1 radical (unpaired) electrons. The van der Waals surface area contributed by atoms with Gasteiger partial charge in [-0.1, -0.05) is 0 Å². The number of halogens is 4. The van der Waals surface area contributed by atoms with Gasteiger partial charge in [-0.15, -0.1) is 0 Å². The molecule has 0 aromatic heterocycles. The number of nitrogens with one attached hydrogen (secondary N) is 1. The van der Waals surface area contributed by atoms with E-state index in [9.17, 15) is 27.2 Å². The molecule has 3 fully saturated rings. The van der Waals surface area contributed by atoms with Crippen molar-refractivity contribution in [3.8, 4) is 0 Å². The van der Waals surface area contributed by atoms with E-state index in [2.05, 4.69) is 0 Å². The second-order valence-electron chi connectivity index (χ2n) is 8.34. The maximum Gasteiger partial charge on any atom is 0.260 e. The summed E-state index contributed by atoms with van der Waals surface area (Å²) in [6.07, 6.45) is 0.803. The van der Waals surface area contributed by atoms with Crippen molar-refractivity contribution >= 4 is 11.8 Å². The fraction of sp³-hybridized carbons (Fsp3) is 0.600. The number of amides is 2. The number of nitrogens with zero attached hydrogens (tertiary/aromatic N) is 2. The zero-order valence-corrected chi connectivity index (χ0v) is 15.8. The third-order valence-corrected chi connectivity index (χ3v) is 6.20. The number of likely N-dealkylation sites (tertiary alicyclic amines) is 2. The summed E-state index contributed by atoms with van der Waals surface area (Å²) in [4.78, 5) is 28.0. The molecule has 0 bridgehead atoms. The van der Waals surface area contributed by atoms with Gasteiger partial charge in [0.25, 0.3) is 5.91 Å². The van der Waals surface area contributed by atoms with Crippen LogP contribution in [0, 0.1) is 23.4 Å². The first-order chi connectivity index (χ1) is 13.7. The molecular weight excluding hydrogens is 390 g/mol. The fourth-order valence-electron chi connectivity index (χ4n) is 4.43. The fourth-order valence-corrected chi connectivity index (χ4v) is 4.43. The summed E-state index contributed by atoms with van der Waals surface area (Å²) in [5.41, 5.74) is 6.19. The zero-order valence-electron chi connectivity index (χ0n) is 15.8. The first-order valence-corrected chi connectivity index (χ1v) is 9.80. The van der Waals surface area contributed by atoms with Crippen LogP contribution in [-0.4, -0.2) is 59.0 Å². The molecule has 2 heterocycles. The topological polar surface area (TPSA) is 64.4 Å². The maximum absolute atomic E-state index is 14.1. The van der Waals surface area contributed by atoms with Gasteiger partial charge in [0, 0.05) is 44.1 Å². The minimum Gasteiger partial charge on any atom is -0.338 e. The van der Waals surface area contributed by atoms with E-state index in [0.29, 0.717) is 38.2 Å². The van der Waals surface area contributed by atoms with Crippen molar-refractivity contribution in [2.75, 3.05) is 19.6 Å². The highest BCUT2D eigenvalue weighted by Crippen LogP contribution is 2.43. The average Bonchev–Trinajstić information content (AvgIpc) is 3.09. The lowest BCUT2D eigenvalue weighted by Gasteiger charge is -2.26. The standard InChI is InChI=1S/C20H22F4N3O2/c21-14-8-16(23)15(22)6-12(14)5-13(25)7-18(28)27-4-1-11-9-26(10-17(11)27)19(29)20(24)2-3-20/h6,8,11,13,17,25H,1-5,7,9-10H2/t11-,13+,17+/m0/s1. The summed E-state index contributed by atoms with van der Waals surface area (Å²) < 4.78 is 54.2. The van der Waals surface area contributed by atoms with Crippen LogP contribution >= 0.6 is 0 Å². The van der Waals surface area contributed by atoms with Crippen molar-refractivity contribution in [2.45, 2.75) is 49.9 Å². The van der Waals surface area contributed by atoms with Crippen LogP contribution in [0.4, 0.5) is 17.6 Å². The number of hydrogen-bond donors (Lipinski definition) is 0. The van der Waals surface area contributed by atoms with Gasteiger partial charge in [-0.05, 0) is 37.3 Å². The van der Waals surface area contributed by atoms with Crippen molar-refractivity contribution in [1.82, 2.24) is 15.5 Å². The lowest BCUT2D eigenvalue weighted by molar-refractivity contribution is -0.138. The van der Waals surface area contributed by atoms with Crippen LogP contribution < -0.4 is 5.73 Å². The maximum atomic E-state index is 14.1. The van der Waals surface area contributed by atoms with Crippen LogP contribution in [-0.2, 0) is 16.0 Å². The Morgan fingerprint density at radius 3 is 2.52 bits per heavy atom. The normalized spacial score (nSPS) is 25.8. The molecule has 1 aliphatic carbocycles. The summed E-state index contributed by atoms with van der Waals surface area (Å²) in [7, 11) is 0. The average molecular weight is 412 g/mol. The molecule has 2 amide bonds. The Morgan fingerprint density at radius 1 is 1.14 bits per heavy atom. The van der Waals surface area contributed by atoms with Crippen LogP contribution in [0.2, 0.25) is 0 Å². The number of carbonyl (C=O) groups is 2. The minimum atomic E-state index is -1.73. The van der Waals surface area contributed by atoms with Gasteiger partial charge in [-0.25, -0.2) is 17.6 Å². The highest BCUT2D eigenvalue weighted by atomic mass is 19.2. The van der Waals surface area contributed by atoms with Crippen LogP contribution in [0.5, 0.6) is 0 Å². The first-order valence-electron chi connectivity index (χ1n) is 9.80. The summed E-state index contributed by atoms with van der Waals surface area (Å²) in [5.74, 6) is -4.13. The second kappa shape index (κ2) is 7.27. The van der Waals surface area contributed by atoms with Gasteiger partial charge >= 0.3 is 0 Å². The molecular formula is C20H22F4N3O2. The summed E-state index contributed by atoms with van der Waals surface area (Å²) >= 11 is 0. The lowest BCUT2D eigenvalue weighted by atomic mass is 10.0. The minimum absolute atomic E-state index is 0.0954. The molecule has 1 aromatic rings. The smallest absolute Gasteiger partial charge is 0.260 e. The first kappa shape index (κ1) is 20.1. The van der Waals surface area contributed by atoms with Crippen molar-refractivity contribution in [2.24, 2.45) is 5.92 Å². The Morgan fingerprint density at radius 2 is 1.83 bits per heavy atom. The largest absolute Gasteiger partial charge is 0.338 e. The van der Waals surface area contributed by atoms with E-state index in [0.717, 1.165) is 0 Å². The van der Waals surface area contributed by atoms with Crippen molar-refractivity contribution in [1.29, 1.82) is 0 Å². The molecule has 5 nitrogen and oxygen atoms in total. The van der Waals surface area contributed by atoms with Crippen molar-refractivity contribution in [3.05, 3.63) is 35.1 Å². The lowest BCUT2D eigenvalue weighted by Crippen LogP contribution is -2.43. The molecule has 4 rings (SSSR count). The number of alkyl halides is 1. The molecule has 3 aliphatic rings. The van der Waals surface area contributed by atoms with Gasteiger partial charge in [-0.2, -0.15) is 0 Å². The van der Waals surface area contributed by atoms with Crippen LogP contribution in [0.25, 0.3) is 0 Å². The summed E-state index contributed by atoms with van der Waals surface area (Å²) in [5, 5.41) is 0. The molecule has 3 atom stereocenters. The van der Waals surface area contributed by atoms with Crippen molar-refractivity contribution in [3.63, 3.8) is 0 Å². The number of fused-ring (bicyclic) bond motifs is 1.